The average molecular weight is 252 g/mol. The Kier molecular flexibility index (Phi) is 5.08. The molecule has 1 unspecified atom stereocenters. The minimum Gasteiger partial charge on any atom is -0.483 e. The number of nitrogens with zero attached hydrogens (tertiary/aromatic N) is 1. The molecule has 1 atom stereocenters. The van der Waals surface area contributed by atoms with E-state index < -0.39 is 17.8 Å². The molecule has 1 amide bonds. The van der Waals surface area contributed by atoms with E-state index >= 15 is 0 Å². The van der Waals surface area contributed by atoms with Crippen molar-refractivity contribution in [2.45, 2.75) is 13.0 Å². The van der Waals surface area contributed by atoms with E-state index in [2.05, 4.69) is 5.32 Å². The summed E-state index contributed by atoms with van der Waals surface area (Å²) < 4.78 is 18.1. The van der Waals surface area contributed by atoms with Gasteiger partial charge in [0.2, 0.25) is 0 Å². The summed E-state index contributed by atoms with van der Waals surface area (Å²) in [6.45, 7) is 1.05. The summed E-state index contributed by atoms with van der Waals surface area (Å²) in [5, 5.41) is 20.0. The molecule has 0 aliphatic rings. The third kappa shape index (κ3) is 4.03. The molecule has 6 heteroatoms. The number of hydrogen-bond donors (Lipinski definition) is 2. The molecule has 0 saturated carbocycles. The quantitative estimate of drug-likeness (QED) is 0.763. The number of nitrogens with one attached hydrogen (secondary N) is 1. The van der Waals surface area contributed by atoms with Crippen molar-refractivity contribution in [3.8, 4) is 11.8 Å². The summed E-state index contributed by atoms with van der Waals surface area (Å²) in [6.07, 6.45) is -0.831. The summed E-state index contributed by atoms with van der Waals surface area (Å²) in [4.78, 5) is 11.2. The molecule has 1 rings (SSSR count). The molecule has 96 valence electrons. The van der Waals surface area contributed by atoms with Crippen molar-refractivity contribution < 1.29 is 19.0 Å². The maximum atomic E-state index is 13.0. The second kappa shape index (κ2) is 6.57. The number of ether oxygens (including phenoxy) is 1. The first kappa shape index (κ1) is 13.9. The molecule has 0 aromatic heterocycles. The minimum absolute atomic E-state index is 0.108. The molecule has 18 heavy (non-hydrogen) atoms. The molecular formula is C12H13FN2O3. The van der Waals surface area contributed by atoms with Gasteiger partial charge in [0, 0.05) is 11.6 Å². The largest absolute Gasteiger partial charge is 0.483 e. The molecule has 2 N–H and O–H groups in total. The predicted octanol–water partition coefficient (Wildman–Crippen LogP) is 0.898. The zero-order valence-corrected chi connectivity index (χ0v) is 9.81. The van der Waals surface area contributed by atoms with Gasteiger partial charge in [-0.15, -0.1) is 0 Å². The lowest BCUT2D eigenvalue weighted by molar-refractivity contribution is -0.122. The van der Waals surface area contributed by atoms with Crippen molar-refractivity contribution in [1.29, 1.82) is 5.26 Å². The SMILES string of the molecule is CC(O)c1ccc(F)cc1OCC(=O)NCC#N. The number of rotatable bonds is 5. The molecule has 0 aliphatic heterocycles. The van der Waals surface area contributed by atoms with E-state index in [0.29, 0.717) is 5.56 Å². The molecular weight excluding hydrogens is 239 g/mol. The van der Waals surface area contributed by atoms with Crippen molar-refractivity contribution in [2.75, 3.05) is 13.2 Å². The molecule has 0 aliphatic carbocycles. The predicted molar refractivity (Wildman–Crippen MR) is 61.2 cm³/mol. The van der Waals surface area contributed by atoms with Gasteiger partial charge in [-0.1, -0.05) is 0 Å². The van der Waals surface area contributed by atoms with Crippen molar-refractivity contribution in [3.05, 3.63) is 29.6 Å². The Balaban J connectivity index is 2.69. The normalized spacial score (nSPS) is 11.4. The maximum absolute atomic E-state index is 13.0. The van der Waals surface area contributed by atoms with E-state index in [4.69, 9.17) is 10.00 Å². The highest BCUT2D eigenvalue weighted by Crippen LogP contribution is 2.25. The third-order valence-corrected chi connectivity index (χ3v) is 2.15. The topological polar surface area (TPSA) is 82.3 Å². The summed E-state index contributed by atoms with van der Waals surface area (Å²) in [5.74, 6) is -0.902. The summed E-state index contributed by atoms with van der Waals surface area (Å²) in [7, 11) is 0. The van der Waals surface area contributed by atoms with E-state index in [9.17, 15) is 14.3 Å². The molecule has 1 aromatic rings. The van der Waals surface area contributed by atoms with E-state index in [1.54, 1.807) is 6.07 Å². The molecule has 0 radical (unpaired) electrons. The molecule has 5 nitrogen and oxygen atoms in total. The van der Waals surface area contributed by atoms with Crippen LogP contribution in [0.25, 0.3) is 0 Å². The highest BCUT2D eigenvalue weighted by atomic mass is 19.1. The molecule has 0 fully saturated rings. The first-order chi connectivity index (χ1) is 8.54. The number of carbonyl (C=O) groups excluding carboxylic acids is 1. The van der Waals surface area contributed by atoms with Crippen molar-refractivity contribution >= 4 is 5.91 Å². The molecule has 0 spiro atoms. The Morgan fingerprint density at radius 3 is 3.00 bits per heavy atom. The number of aliphatic hydroxyl groups is 1. The van der Waals surface area contributed by atoms with E-state index in [-0.39, 0.29) is 18.9 Å². The average Bonchev–Trinajstić information content (AvgIpc) is 2.33. The monoisotopic (exact) mass is 252 g/mol. The summed E-state index contributed by atoms with van der Waals surface area (Å²) in [5.41, 5.74) is 0.393. The van der Waals surface area contributed by atoms with Crippen LogP contribution in [0.5, 0.6) is 5.75 Å². The van der Waals surface area contributed by atoms with Gasteiger partial charge in [-0.2, -0.15) is 5.26 Å². The van der Waals surface area contributed by atoms with Crippen LogP contribution in [0, 0.1) is 17.1 Å². The van der Waals surface area contributed by atoms with Gasteiger partial charge in [-0.3, -0.25) is 4.79 Å². The van der Waals surface area contributed by atoms with Gasteiger partial charge in [0.25, 0.3) is 5.91 Å². The van der Waals surface area contributed by atoms with E-state index in [1.165, 1.54) is 19.1 Å². The zero-order chi connectivity index (χ0) is 13.5. The van der Waals surface area contributed by atoms with Crippen LogP contribution in [0.2, 0.25) is 0 Å². The number of amides is 1. The third-order valence-electron chi connectivity index (χ3n) is 2.15. The van der Waals surface area contributed by atoms with Gasteiger partial charge in [-0.05, 0) is 19.1 Å². The second-order valence-electron chi connectivity index (χ2n) is 3.58. The Labute approximate surface area is 104 Å². The number of benzene rings is 1. The maximum Gasteiger partial charge on any atom is 0.258 e. The Morgan fingerprint density at radius 1 is 1.67 bits per heavy atom. The smallest absolute Gasteiger partial charge is 0.258 e. The number of nitriles is 1. The number of hydrogen-bond acceptors (Lipinski definition) is 4. The fraction of sp³-hybridized carbons (Fsp3) is 0.333. The summed E-state index contributed by atoms with van der Waals surface area (Å²) >= 11 is 0. The Morgan fingerprint density at radius 2 is 2.39 bits per heavy atom. The molecule has 0 bridgehead atoms. The van der Waals surface area contributed by atoms with Gasteiger partial charge in [-0.25, -0.2) is 4.39 Å². The highest BCUT2D eigenvalue weighted by Gasteiger charge is 2.11. The second-order valence-corrected chi connectivity index (χ2v) is 3.58. The van der Waals surface area contributed by atoms with Crippen molar-refractivity contribution in [1.82, 2.24) is 5.32 Å². The first-order valence-corrected chi connectivity index (χ1v) is 5.28. The Bertz CT molecular complexity index is 469. The van der Waals surface area contributed by atoms with Crippen molar-refractivity contribution in [3.63, 3.8) is 0 Å². The van der Waals surface area contributed by atoms with E-state index in [1.807, 2.05) is 0 Å². The minimum atomic E-state index is -0.831. The molecule has 0 heterocycles. The lowest BCUT2D eigenvalue weighted by Crippen LogP contribution is -2.29. The Hall–Kier alpha value is -2.13. The number of aliphatic hydroxyl groups excluding tert-OH is 1. The lowest BCUT2D eigenvalue weighted by atomic mass is 10.1. The van der Waals surface area contributed by atoms with Crippen LogP contribution < -0.4 is 10.1 Å². The van der Waals surface area contributed by atoms with Crippen LogP contribution >= 0.6 is 0 Å². The standard InChI is InChI=1S/C12H13FN2O3/c1-8(16)10-3-2-9(13)6-11(10)18-7-12(17)15-5-4-14/h2-3,6,8,16H,5,7H2,1H3,(H,15,17). The van der Waals surface area contributed by atoms with Crippen LogP contribution in [0.3, 0.4) is 0 Å². The van der Waals surface area contributed by atoms with Crippen LogP contribution in [-0.4, -0.2) is 24.2 Å². The zero-order valence-electron chi connectivity index (χ0n) is 9.81. The highest BCUT2D eigenvalue weighted by molar-refractivity contribution is 5.77. The summed E-state index contributed by atoms with van der Waals surface area (Å²) in [6, 6.07) is 5.44. The lowest BCUT2D eigenvalue weighted by Gasteiger charge is -2.13. The molecule has 1 aromatic carbocycles. The molecule has 0 saturated heterocycles. The number of carbonyl (C=O) groups is 1. The van der Waals surface area contributed by atoms with Gasteiger partial charge >= 0.3 is 0 Å². The van der Waals surface area contributed by atoms with Crippen LogP contribution in [-0.2, 0) is 4.79 Å². The van der Waals surface area contributed by atoms with E-state index in [0.717, 1.165) is 6.07 Å². The van der Waals surface area contributed by atoms with Crippen LogP contribution in [0.15, 0.2) is 18.2 Å². The van der Waals surface area contributed by atoms with Gasteiger partial charge in [0.15, 0.2) is 6.61 Å². The first-order valence-electron chi connectivity index (χ1n) is 5.28. The fourth-order valence-electron chi connectivity index (χ4n) is 1.31. The van der Waals surface area contributed by atoms with Gasteiger partial charge in [0.1, 0.15) is 18.1 Å². The van der Waals surface area contributed by atoms with Crippen LogP contribution in [0.4, 0.5) is 4.39 Å². The van der Waals surface area contributed by atoms with Gasteiger partial charge in [0.05, 0.1) is 12.2 Å². The fourth-order valence-corrected chi connectivity index (χ4v) is 1.31. The van der Waals surface area contributed by atoms with Crippen LogP contribution in [0.1, 0.15) is 18.6 Å². The number of halogens is 1. The van der Waals surface area contributed by atoms with Crippen molar-refractivity contribution in [2.24, 2.45) is 0 Å². The van der Waals surface area contributed by atoms with Gasteiger partial charge < -0.3 is 15.2 Å².